The van der Waals surface area contributed by atoms with Gasteiger partial charge in [-0.3, -0.25) is 0 Å². The van der Waals surface area contributed by atoms with Crippen molar-refractivity contribution in [1.29, 1.82) is 5.26 Å². The largest absolute Gasteiger partial charge is 0.388 e. The first-order chi connectivity index (χ1) is 8.07. The summed E-state index contributed by atoms with van der Waals surface area (Å²) in [7, 11) is 1.60. The summed E-state index contributed by atoms with van der Waals surface area (Å²) in [6.07, 6.45) is 0.536. The molecule has 0 aromatic carbocycles. The van der Waals surface area contributed by atoms with Crippen molar-refractivity contribution in [3.8, 4) is 6.07 Å². The van der Waals surface area contributed by atoms with Crippen molar-refractivity contribution >= 4 is 5.82 Å². The third-order valence-corrected chi connectivity index (χ3v) is 2.36. The second-order valence-electron chi connectivity index (χ2n) is 4.11. The lowest BCUT2D eigenvalue weighted by molar-refractivity contribution is 0.0357. The molecule has 2 N–H and O–H groups in total. The lowest BCUT2D eigenvalue weighted by Gasteiger charge is -2.23. The third-order valence-electron chi connectivity index (χ3n) is 2.36. The fraction of sp³-hybridized carbons (Fsp3) is 0.500. The van der Waals surface area contributed by atoms with E-state index in [4.69, 9.17) is 10.00 Å². The van der Waals surface area contributed by atoms with Gasteiger partial charge in [0, 0.05) is 26.7 Å². The van der Waals surface area contributed by atoms with Crippen LogP contribution in [0.25, 0.3) is 0 Å². The molecule has 1 atom stereocenters. The molecule has 1 unspecified atom stereocenters. The van der Waals surface area contributed by atoms with E-state index in [1.165, 1.54) is 0 Å². The minimum atomic E-state index is -0.861. The van der Waals surface area contributed by atoms with Gasteiger partial charge in [0.25, 0.3) is 0 Å². The zero-order valence-electron chi connectivity index (χ0n) is 10.1. The summed E-state index contributed by atoms with van der Waals surface area (Å²) in [4.78, 5) is 4.06. The molecule has 17 heavy (non-hydrogen) atoms. The summed E-state index contributed by atoms with van der Waals surface area (Å²) >= 11 is 0. The fourth-order valence-corrected chi connectivity index (χ4v) is 1.29. The first kappa shape index (κ1) is 13.4. The first-order valence-electron chi connectivity index (χ1n) is 5.40. The van der Waals surface area contributed by atoms with Gasteiger partial charge in [-0.25, -0.2) is 4.98 Å². The Morgan fingerprint density at radius 3 is 3.00 bits per heavy atom. The molecule has 0 aliphatic heterocycles. The molecule has 0 amide bonds. The van der Waals surface area contributed by atoms with E-state index < -0.39 is 5.60 Å². The van der Waals surface area contributed by atoms with Crippen molar-refractivity contribution in [2.75, 3.05) is 25.6 Å². The van der Waals surface area contributed by atoms with E-state index in [0.717, 1.165) is 0 Å². The topological polar surface area (TPSA) is 78.2 Å². The van der Waals surface area contributed by atoms with Crippen LogP contribution in [0.3, 0.4) is 0 Å². The van der Waals surface area contributed by atoms with Gasteiger partial charge in [0.2, 0.25) is 0 Å². The van der Waals surface area contributed by atoms with Crippen molar-refractivity contribution in [3.63, 3.8) is 0 Å². The molecule has 0 fully saturated rings. The SMILES string of the molecule is COCCC(C)(O)CNc1cccc(C#N)n1. The highest BCUT2D eigenvalue weighted by molar-refractivity contribution is 5.38. The molecule has 0 spiro atoms. The molecule has 0 aliphatic rings. The Bertz CT molecular complexity index is 399. The van der Waals surface area contributed by atoms with E-state index in [9.17, 15) is 5.11 Å². The van der Waals surface area contributed by atoms with E-state index in [0.29, 0.717) is 31.1 Å². The number of nitrogens with zero attached hydrogens (tertiary/aromatic N) is 2. The minimum Gasteiger partial charge on any atom is -0.388 e. The molecular formula is C12H17N3O2. The molecule has 5 nitrogen and oxygen atoms in total. The number of ether oxygens (including phenoxy) is 1. The van der Waals surface area contributed by atoms with Crippen LogP contribution in [0, 0.1) is 11.3 Å². The average molecular weight is 235 g/mol. The summed E-state index contributed by atoms with van der Waals surface area (Å²) in [5.41, 5.74) is -0.508. The van der Waals surface area contributed by atoms with Gasteiger partial charge in [0.1, 0.15) is 17.6 Å². The Hall–Kier alpha value is -1.64. The number of aliphatic hydroxyl groups is 1. The van der Waals surface area contributed by atoms with Crippen LogP contribution in [0.1, 0.15) is 19.0 Å². The maximum atomic E-state index is 10.00. The van der Waals surface area contributed by atoms with Crippen LogP contribution in [0.15, 0.2) is 18.2 Å². The molecule has 5 heteroatoms. The Labute approximate surface area is 101 Å². The van der Waals surface area contributed by atoms with Crippen molar-refractivity contribution in [1.82, 2.24) is 4.98 Å². The van der Waals surface area contributed by atoms with E-state index in [-0.39, 0.29) is 0 Å². The number of anilines is 1. The summed E-state index contributed by atoms with van der Waals surface area (Å²) in [6, 6.07) is 7.10. The summed E-state index contributed by atoms with van der Waals surface area (Å²) < 4.78 is 4.92. The van der Waals surface area contributed by atoms with E-state index >= 15 is 0 Å². The van der Waals surface area contributed by atoms with Crippen molar-refractivity contribution < 1.29 is 9.84 Å². The predicted octanol–water partition coefficient (Wildman–Crippen LogP) is 1.15. The van der Waals surface area contributed by atoms with Crippen molar-refractivity contribution in [3.05, 3.63) is 23.9 Å². The van der Waals surface area contributed by atoms with E-state index in [1.54, 1.807) is 32.2 Å². The van der Waals surface area contributed by atoms with Crippen LogP contribution < -0.4 is 5.32 Å². The normalized spacial score (nSPS) is 13.8. The molecule has 0 radical (unpaired) electrons. The molecule has 1 aromatic heterocycles. The highest BCUT2D eigenvalue weighted by atomic mass is 16.5. The van der Waals surface area contributed by atoms with Gasteiger partial charge in [-0.15, -0.1) is 0 Å². The number of pyridine rings is 1. The van der Waals surface area contributed by atoms with Gasteiger partial charge in [-0.05, 0) is 19.1 Å². The Kier molecular flexibility index (Phi) is 4.88. The molecular weight excluding hydrogens is 218 g/mol. The Morgan fingerprint density at radius 2 is 2.35 bits per heavy atom. The maximum absolute atomic E-state index is 10.00. The summed E-state index contributed by atoms with van der Waals surface area (Å²) in [5, 5.41) is 21.7. The predicted molar refractivity (Wildman–Crippen MR) is 64.6 cm³/mol. The molecule has 1 heterocycles. The minimum absolute atomic E-state index is 0.353. The van der Waals surface area contributed by atoms with Crippen LogP contribution in [0.4, 0.5) is 5.82 Å². The second-order valence-corrected chi connectivity index (χ2v) is 4.11. The maximum Gasteiger partial charge on any atom is 0.142 e. The van der Waals surface area contributed by atoms with E-state index in [2.05, 4.69) is 10.3 Å². The first-order valence-corrected chi connectivity index (χ1v) is 5.40. The molecule has 1 rings (SSSR count). The van der Waals surface area contributed by atoms with Crippen LogP contribution in [0.2, 0.25) is 0 Å². The highest BCUT2D eigenvalue weighted by Crippen LogP contribution is 2.11. The van der Waals surface area contributed by atoms with Gasteiger partial charge in [0.05, 0.1) is 5.60 Å². The lowest BCUT2D eigenvalue weighted by atomic mass is 10.0. The van der Waals surface area contributed by atoms with Crippen molar-refractivity contribution in [2.45, 2.75) is 18.9 Å². The van der Waals surface area contributed by atoms with Crippen LogP contribution in [0.5, 0.6) is 0 Å². The number of hydrogen-bond acceptors (Lipinski definition) is 5. The lowest BCUT2D eigenvalue weighted by Crippen LogP contribution is -2.34. The monoisotopic (exact) mass is 235 g/mol. The number of methoxy groups -OCH3 is 1. The third kappa shape index (κ3) is 4.81. The van der Waals surface area contributed by atoms with Gasteiger partial charge in [-0.1, -0.05) is 6.07 Å². The van der Waals surface area contributed by atoms with Gasteiger partial charge in [-0.2, -0.15) is 5.26 Å². The van der Waals surface area contributed by atoms with Crippen LogP contribution in [-0.2, 0) is 4.74 Å². The summed E-state index contributed by atoms with van der Waals surface area (Å²) in [6.45, 7) is 2.59. The Balaban J connectivity index is 2.52. The smallest absolute Gasteiger partial charge is 0.142 e. The zero-order valence-corrected chi connectivity index (χ0v) is 10.1. The number of rotatable bonds is 6. The van der Waals surface area contributed by atoms with Crippen LogP contribution >= 0.6 is 0 Å². The van der Waals surface area contributed by atoms with Crippen LogP contribution in [-0.4, -0.2) is 36.0 Å². The molecule has 0 saturated carbocycles. The summed E-state index contributed by atoms with van der Waals surface area (Å²) in [5.74, 6) is 0.585. The highest BCUT2D eigenvalue weighted by Gasteiger charge is 2.19. The molecule has 0 aliphatic carbocycles. The quantitative estimate of drug-likeness (QED) is 0.773. The number of nitrogens with one attached hydrogen (secondary N) is 1. The average Bonchev–Trinajstić information content (AvgIpc) is 2.34. The number of aromatic nitrogens is 1. The molecule has 0 saturated heterocycles. The van der Waals surface area contributed by atoms with Crippen molar-refractivity contribution in [2.24, 2.45) is 0 Å². The molecule has 0 bridgehead atoms. The number of hydrogen-bond donors (Lipinski definition) is 2. The standard InChI is InChI=1S/C12H17N3O2/c1-12(16,6-7-17-2)9-14-11-5-3-4-10(8-13)15-11/h3-5,16H,6-7,9H2,1-2H3,(H,14,15). The molecule has 1 aromatic rings. The fourth-order valence-electron chi connectivity index (χ4n) is 1.29. The Morgan fingerprint density at radius 1 is 1.59 bits per heavy atom. The molecule has 92 valence electrons. The number of nitriles is 1. The second kappa shape index (κ2) is 6.18. The zero-order chi connectivity index (χ0) is 12.7. The van der Waals surface area contributed by atoms with Gasteiger partial charge in [0.15, 0.2) is 0 Å². The van der Waals surface area contributed by atoms with Gasteiger partial charge >= 0.3 is 0 Å². The van der Waals surface area contributed by atoms with E-state index in [1.807, 2.05) is 6.07 Å². The van der Waals surface area contributed by atoms with Gasteiger partial charge < -0.3 is 15.2 Å².